The molecule has 3 aromatic heterocycles. The summed E-state index contributed by atoms with van der Waals surface area (Å²) in [6.45, 7) is 9.19. The van der Waals surface area contributed by atoms with E-state index in [-0.39, 0.29) is 5.41 Å². The molecule has 0 fully saturated rings. The summed E-state index contributed by atoms with van der Waals surface area (Å²) < 4.78 is 1.80. The SMILES string of the molecule is Cc1nc(CCNc2nc(C(C)(C)C)nc3c2cnn3C)nc2c1CCC2. The van der Waals surface area contributed by atoms with Crippen LogP contribution in [0.5, 0.6) is 0 Å². The van der Waals surface area contributed by atoms with Gasteiger partial charge in [0, 0.05) is 36.8 Å². The first-order valence-corrected chi connectivity index (χ1v) is 9.62. The average molecular weight is 365 g/mol. The van der Waals surface area contributed by atoms with Gasteiger partial charge in [0.05, 0.1) is 11.6 Å². The number of rotatable bonds is 4. The molecule has 4 rings (SSSR count). The molecule has 0 amide bonds. The number of hydrogen-bond acceptors (Lipinski definition) is 6. The van der Waals surface area contributed by atoms with Crippen molar-refractivity contribution < 1.29 is 0 Å². The maximum atomic E-state index is 4.78. The van der Waals surface area contributed by atoms with E-state index in [1.807, 2.05) is 13.2 Å². The first-order chi connectivity index (χ1) is 12.8. The molecule has 3 heterocycles. The Kier molecular flexibility index (Phi) is 4.32. The van der Waals surface area contributed by atoms with Gasteiger partial charge in [-0.3, -0.25) is 4.68 Å². The van der Waals surface area contributed by atoms with Gasteiger partial charge in [-0.2, -0.15) is 5.10 Å². The van der Waals surface area contributed by atoms with E-state index < -0.39 is 0 Å². The zero-order valence-electron chi connectivity index (χ0n) is 16.8. The van der Waals surface area contributed by atoms with Gasteiger partial charge in [-0.1, -0.05) is 20.8 Å². The monoisotopic (exact) mass is 365 g/mol. The number of hydrogen-bond donors (Lipinski definition) is 1. The predicted molar refractivity (Wildman–Crippen MR) is 106 cm³/mol. The Morgan fingerprint density at radius 1 is 1.11 bits per heavy atom. The highest BCUT2D eigenvalue weighted by Gasteiger charge is 2.21. The fourth-order valence-corrected chi connectivity index (χ4v) is 3.58. The highest BCUT2D eigenvalue weighted by Crippen LogP contribution is 2.26. The molecule has 0 atom stereocenters. The summed E-state index contributed by atoms with van der Waals surface area (Å²) in [6, 6.07) is 0. The van der Waals surface area contributed by atoms with Crippen LogP contribution in [0.4, 0.5) is 5.82 Å². The van der Waals surface area contributed by atoms with E-state index in [0.717, 1.165) is 60.0 Å². The Morgan fingerprint density at radius 3 is 2.70 bits per heavy atom. The van der Waals surface area contributed by atoms with Gasteiger partial charge in [-0.05, 0) is 31.7 Å². The smallest absolute Gasteiger partial charge is 0.163 e. The van der Waals surface area contributed by atoms with Crippen molar-refractivity contribution in [1.82, 2.24) is 29.7 Å². The maximum Gasteiger partial charge on any atom is 0.163 e. The van der Waals surface area contributed by atoms with Crippen molar-refractivity contribution >= 4 is 16.9 Å². The lowest BCUT2D eigenvalue weighted by Gasteiger charge is -2.18. The molecule has 0 aromatic carbocycles. The molecule has 0 saturated heterocycles. The highest BCUT2D eigenvalue weighted by atomic mass is 15.3. The zero-order valence-corrected chi connectivity index (χ0v) is 16.8. The minimum absolute atomic E-state index is 0.130. The van der Waals surface area contributed by atoms with Gasteiger partial charge in [0.1, 0.15) is 17.5 Å². The first-order valence-electron chi connectivity index (χ1n) is 9.62. The molecular formula is C20H27N7. The molecule has 27 heavy (non-hydrogen) atoms. The molecular weight excluding hydrogens is 338 g/mol. The third-order valence-corrected chi connectivity index (χ3v) is 5.09. The lowest BCUT2D eigenvalue weighted by molar-refractivity contribution is 0.547. The second-order valence-corrected chi connectivity index (χ2v) is 8.33. The van der Waals surface area contributed by atoms with E-state index in [1.54, 1.807) is 4.68 Å². The Labute approximate surface area is 159 Å². The Morgan fingerprint density at radius 2 is 1.93 bits per heavy atom. The van der Waals surface area contributed by atoms with Crippen LogP contribution in [0.15, 0.2) is 6.20 Å². The fourth-order valence-electron chi connectivity index (χ4n) is 3.58. The van der Waals surface area contributed by atoms with Gasteiger partial charge < -0.3 is 5.32 Å². The van der Waals surface area contributed by atoms with Crippen molar-refractivity contribution in [2.24, 2.45) is 7.05 Å². The van der Waals surface area contributed by atoms with Crippen molar-refractivity contribution in [3.63, 3.8) is 0 Å². The van der Waals surface area contributed by atoms with Crippen LogP contribution in [0.1, 0.15) is 55.8 Å². The van der Waals surface area contributed by atoms with Crippen molar-refractivity contribution in [2.75, 3.05) is 11.9 Å². The molecule has 0 bridgehead atoms. The summed E-state index contributed by atoms with van der Waals surface area (Å²) in [6.07, 6.45) is 5.98. The Balaban J connectivity index is 1.56. The Hall–Kier alpha value is -2.57. The van der Waals surface area contributed by atoms with Gasteiger partial charge in [0.2, 0.25) is 0 Å². The van der Waals surface area contributed by atoms with Crippen LogP contribution in [0.2, 0.25) is 0 Å². The summed E-state index contributed by atoms with van der Waals surface area (Å²) in [5, 5.41) is 8.75. The molecule has 1 aliphatic rings. The summed E-state index contributed by atoms with van der Waals surface area (Å²) in [5.41, 5.74) is 4.45. The van der Waals surface area contributed by atoms with Crippen LogP contribution < -0.4 is 5.32 Å². The van der Waals surface area contributed by atoms with E-state index in [2.05, 4.69) is 38.1 Å². The quantitative estimate of drug-likeness (QED) is 0.766. The fraction of sp³-hybridized carbons (Fsp3) is 0.550. The minimum atomic E-state index is -0.130. The maximum absolute atomic E-state index is 4.78. The molecule has 0 saturated carbocycles. The van der Waals surface area contributed by atoms with E-state index in [9.17, 15) is 0 Å². The second-order valence-electron chi connectivity index (χ2n) is 8.33. The molecule has 3 aromatic rings. The summed E-state index contributed by atoms with van der Waals surface area (Å²) in [7, 11) is 1.91. The van der Waals surface area contributed by atoms with Crippen LogP contribution in [0.25, 0.3) is 11.0 Å². The van der Waals surface area contributed by atoms with Gasteiger partial charge in [-0.15, -0.1) is 0 Å². The van der Waals surface area contributed by atoms with E-state index in [0.29, 0.717) is 0 Å². The van der Waals surface area contributed by atoms with E-state index >= 15 is 0 Å². The van der Waals surface area contributed by atoms with Crippen LogP contribution >= 0.6 is 0 Å². The van der Waals surface area contributed by atoms with Gasteiger partial charge in [-0.25, -0.2) is 19.9 Å². The molecule has 0 spiro atoms. The van der Waals surface area contributed by atoms with E-state index in [1.165, 1.54) is 17.7 Å². The number of nitrogens with zero attached hydrogens (tertiary/aromatic N) is 6. The number of nitrogens with one attached hydrogen (secondary N) is 1. The third kappa shape index (κ3) is 3.38. The van der Waals surface area contributed by atoms with Gasteiger partial charge >= 0.3 is 0 Å². The zero-order chi connectivity index (χ0) is 19.2. The van der Waals surface area contributed by atoms with Crippen molar-refractivity contribution in [2.45, 2.75) is 58.8 Å². The molecule has 142 valence electrons. The molecule has 7 nitrogen and oxygen atoms in total. The number of aromatic nitrogens is 6. The summed E-state index contributed by atoms with van der Waals surface area (Å²) >= 11 is 0. The average Bonchev–Trinajstić information content (AvgIpc) is 3.21. The topological polar surface area (TPSA) is 81.4 Å². The lowest BCUT2D eigenvalue weighted by atomic mass is 9.95. The summed E-state index contributed by atoms with van der Waals surface area (Å²) in [4.78, 5) is 19.0. The standard InChI is InChI=1S/C20H27N7/c1-12-13-7-6-8-15(13)24-16(23-12)9-10-21-17-14-11-22-27(5)18(14)26-19(25-17)20(2,3)4/h11H,6-10H2,1-5H3,(H,21,25,26). The molecule has 1 aliphatic carbocycles. The number of aryl methyl sites for hydroxylation is 3. The summed E-state index contributed by atoms with van der Waals surface area (Å²) in [5.74, 6) is 2.55. The number of anilines is 1. The van der Waals surface area contributed by atoms with Gasteiger partial charge in [0.25, 0.3) is 0 Å². The molecule has 0 aliphatic heterocycles. The highest BCUT2D eigenvalue weighted by molar-refractivity contribution is 5.86. The van der Waals surface area contributed by atoms with E-state index in [4.69, 9.17) is 19.9 Å². The molecule has 7 heteroatoms. The minimum Gasteiger partial charge on any atom is -0.369 e. The number of fused-ring (bicyclic) bond motifs is 2. The third-order valence-electron chi connectivity index (χ3n) is 5.09. The van der Waals surface area contributed by atoms with Gasteiger partial charge in [0.15, 0.2) is 5.65 Å². The first kappa shape index (κ1) is 17.8. The Bertz CT molecular complexity index is 998. The molecule has 0 unspecified atom stereocenters. The van der Waals surface area contributed by atoms with Crippen LogP contribution in [-0.4, -0.2) is 36.3 Å². The van der Waals surface area contributed by atoms with Crippen LogP contribution in [-0.2, 0) is 31.7 Å². The van der Waals surface area contributed by atoms with Crippen molar-refractivity contribution in [3.05, 3.63) is 34.8 Å². The van der Waals surface area contributed by atoms with Crippen molar-refractivity contribution in [1.29, 1.82) is 0 Å². The predicted octanol–water partition coefficient (Wildman–Crippen LogP) is 2.90. The second kappa shape index (κ2) is 6.55. The van der Waals surface area contributed by atoms with Crippen molar-refractivity contribution in [3.8, 4) is 0 Å². The van der Waals surface area contributed by atoms with Crippen LogP contribution in [0, 0.1) is 6.92 Å². The molecule has 0 radical (unpaired) electrons. The van der Waals surface area contributed by atoms with Crippen LogP contribution in [0.3, 0.4) is 0 Å². The lowest BCUT2D eigenvalue weighted by Crippen LogP contribution is -2.18. The normalized spacial score (nSPS) is 14.0. The molecule has 1 N–H and O–H groups in total. The largest absolute Gasteiger partial charge is 0.369 e.